The lowest BCUT2D eigenvalue weighted by atomic mass is 9.84. The van der Waals surface area contributed by atoms with E-state index in [2.05, 4.69) is 43.3 Å². The molecule has 0 N–H and O–H groups in total. The minimum atomic E-state index is -0.259. The highest BCUT2D eigenvalue weighted by atomic mass is 16.5. The molecule has 2 aromatic rings. The van der Waals surface area contributed by atoms with E-state index in [1.807, 2.05) is 6.07 Å². The number of benzene rings is 2. The first-order valence-electron chi connectivity index (χ1n) is 10.1. The van der Waals surface area contributed by atoms with Crippen LogP contribution in [0.5, 0.6) is 0 Å². The quantitative estimate of drug-likeness (QED) is 0.360. The molecule has 3 rings (SSSR count). The fourth-order valence-corrected chi connectivity index (χ4v) is 4.00. The number of hydrogen-bond acceptors (Lipinski definition) is 2. The number of hydrogen-bond donors (Lipinski definition) is 0. The predicted octanol–water partition coefficient (Wildman–Crippen LogP) is 6.98. The first-order chi connectivity index (χ1) is 12.7. The largest absolute Gasteiger partial charge is 0.453 e. The van der Waals surface area contributed by atoms with E-state index < -0.39 is 0 Å². The molecule has 2 aromatic carbocycles. The first kappa shape index (κ1) is 18.7. The summed E-state index contributed by atoms with van der Waals surface area (Å²) < 4.78 is 5.62. The standard InChI is InChI=1S/C24H30O2/c1-3-4-5-6-7-8-9-12-20-17-23(26-18(2)25)22-16-11-14-19-13-10-15-21(20)24(19)22/h10-11,13-17,23H,3-9,12H2,1-2H3. The van der Waals surface area contributed by atoms with Crippen LogP contribution in [0.1, 0.15) is 82.4 Å². The summed E-state index contributed by atoms with van der Waals surface area (Å²) in [6.45, 7) is 3.75. The Morgan fingerprint density at radius 2 is 1.65 bits per heavy atom. The lowest BCUT2D eigenvalue weighted by Gasteiger charge is -2.25. The van der Waals surface area contributed by atoms with Gasteiger partial charge in [0.15, 0.2) is 0 Å². The van der Waals surface area contributed by atoms with Crippen molar-refractivity contribution in [3.05, 3.63) is 53.6 Å². The Hall–Kier alpha value is -2.09. The number of esters is 1. The smallest absolute Gasteiger partial charge is 0.303 e. The van der Waals surface area contributed by atoms with Crippen LogP contribution in [0.25, 0.3) is 16.3 Å². The van der Waals surface area contributed by atoms with Crippen LogP contribution in [-0.4, -0.2) is 5.97 Å². The van der Waals surface area contributed by atoms with Gasteiger partial charge in [0.05, 0.1) is 0 Å². The summed E-state index contributed by atoms with van der Waals surface area (Å²) in [6.07, 6.45) is 12.1. The summed E-state index contributed by atoms with van der Waals surface area (Å²) in [5.74, 6) is -0.224. The van der Waals surface area contributed by atoms with Gasteiger partial charge in [-0.05, 0) is 40.8 Å². The zero-order chi connectivity index (χ0) is 18.4. The lowest BCUT2D eigenvalue weighted by molar-refractivity contribution is -0.144. The molecule has 0 aliphatic heterocycles. The van der Waals surface area contributed by atoms with Crippen molar-refractivity contribution in [2.24, 2.45) is 0 Å². The van der Waals surface area contributed by atoms with E-state index in [9.17, 15) is 4.79 Å². The molecule has 138 valence electrons. The molecule has 0 bridgehead atoms. The van der Waals surface area contributed by atoms with Gasteiger partial charge in [-0.25, -0.2) is 0 Å². The van der Waals surface area contributed by atoms with Gasteiger partial charge in [-0.15, -0.1) is 0 Å². The van der Waals surface area contributed by atoms with E-state index in [0.717, 1.165) is 12.0 Å². The van der Waals surface area contributed by atoms with Gasteiger partial charge in [0, 0.05) is 12.5 Å². The molecular weight excluding hydrogens is 320 g/mol. The maximum Gasteiger partial charge on any atom is 0.303 e. The summed E-state index contributed by atoms with van der Waals surface area (Å²) in [7, 11) is 0. The minimum Gasteiger partial charge on any atom is -0.453 e. The van der Waals surface area contributed by atoms with Gasteiger partial charge in [-0.2, -0.15) is 0 Å². The van der Waals surface area contributed by atoms with E-state index in [1.165, 1.54) is 73.8 Å². The van der Waals surface area contributed by atoms with Crippen LogP contribution in [0.2, 0.25) is 0 Å². The number of carbonyl (C=O) groups excluding carboxylic acids is 1. The van der Waals surface area contributed by atoms with E-state index >= 15 is 0 Å². The van der Waals surface area contributed by atoms with Crippen molar-refractivity contribution in [1.29, 1.82) is 0 Å². The highest BCUT2D eigenvalue weighted by Gasteiger charge is 2.23. The number of carbonyl (C=O) groups is 1. The predicted molar refractivity (Wildman–Crippen MR) is 109 cm³/mol. The van der Waals surface area contributed by atoms with Gasteiger partial charge in [0.2, 0.25) is 0 Å². The Morgan fingerprint density at radius 1 is 0.962 bits per heavy atom. The number of ether oxygens (including phenoxy) is 1. The maximum absolute atomic E-state index is 11.6. The Morgan fingerprint density at radius 3 is 2.38 bits per heavy atom. The van der Waals surface area contributed by atoms with Gasteiger partial charge in [0.25, 0.3) is 0 Å². The fraction of sp³-hybridized carbons (Fsp3) is 0.458. The van der Waals surface area contributed by atoms with Crippen LogP contribution in [0.4, 0.5) is 0 Å². The second kappa shape index (κ2) is 9.02. The zero-order valence-corrected chi connectivity index (χ0v) is 16.1. The molecule has 1 unspecified atom stereocenters. The van der Waals surface area contributed by atoms with Crippen molar-refractivity contribution in [3.63, 3.8) is 0 Å². The fourth-order valence-electron chi connectivity index (χ4n) is 4.00. The summed E-state index contributed by atoms with van der Waals surface area (Å²) >= 11 is 0. The Kier molecular flexibility index (Phi) is 6.49. The normalized spacial score (nSPS) is 15.8. The second-order valence-corrected chi connectivity index (χ2v) is 7.34. The van der Waals surface area contributed by atoms with Crippen molar-refractivity contribution in [3.8, 4) is 0 Å². The third-order valence-corrected chi connectivity index (χ3v) is 5.28. The van der Waals surface area contributed by atoms with Gasteiger partial charge in [-0.3, -0.25) is 4.79 Å². The summed E-state index contributed by atoms with van der Waals surface area (Å²) in [4.78, 5) is 11.6. The molecule has 26 heavy (non-hydrogen) atoms. The average Bonchev–Trinajstić information content (AvgIpc) is 2.64. The molecule has 0 heterocycles. The maximum atomic E-state index is 11.6. The van der Waals surface area contributed by atoms with Crippen molar-refractivity contribution in [1.82, 2.24) is 0 Å². The molecule has 0 amide bonds. The Labute approximate surface area is 157 Å². The van der Waals surface area contributed by atoms with Crippen LogP contribution in [0.3, 0.4) is 0 Å². The molecule has 2 heteroatoms. The van der Waals surface area contributed by atoms with Crippen LogP contribution in [-0.2, 0) is 9.53 Å². The summed E-state index contributed by atoms with van der Waals surface area (Å²) in [5.41, 5.74) is 3.75. The molecule has 0 spiro atoms. The van der Waals surface area contributed by atoms with E-state index in [0.29, 0.717) is 0 Å². The molecule has 0 saturated carbocycles. The van der Waals surface area contributed by atoms with Crippen LogP contribution < -0.4 is 0 Å². The minimum absolute atomic E-state index is 0.224. The zero-order valence-electron chi connectivity index (χ0n) is 16.1. The molecule has 0 aromatic heterocycles. The number of rotatable bonds is 9. The summed E-state index contributed by atoms with van der Waals surface area (Å²) in [6, 6.07) is 12.8. The third kappa shape index (κ3) is 4.35. The Balaban J connectivity index is 1.74. The average molecular weight is 351 g/mol. The Bertz CT molecular complexity index is 783. The van der Waals surface area contributed by atoms with Crippen LogP contribution >= 0.6 is 0 Å². The monoisotopic (exact) mass is 350 g/mol. The highest BCUT2D eigenvalue weighted by Crippen LogP contribution is 2.41. The summed E-state index contributed by atoms with van der Waals surface area (Å²) in [5, 5.41) is 2.48. The molecule has 0 fully saturated rings. The van der Waals surface area contributed by atoms with E-state index in [4.69, 9.17) is 4.74 Å². The van der Waals surface area contributed by atoms with Gasteiger partial charge in [-0.1, -0.05) is 81.8 Å². The van der Waals surface area contributed by atoms with E-state index in [-0.39, 0.29) is 12.1 Å². The van der Waals surface area contributed by atoms with Crippen LogP contribution in [0, 0.1) is 0 Å². The molecule has 0 saturated heterocycles. The second-order valence-electron chi connectivity index (χ2n) is 7.34. The van der Waals surface area contributed by atoms with Crippen LogP contribution in [0.15, 0.2) is 42.5 Å². The lowest BCUT2D eigenvalue weighted by Crippen LogP contribution is -2.11. The molecular formula is C24H30O2. The first-order valence-corrected chi connectivity index (χ1v) is 10.1. The molecule has 2 nitrogen and oxygen atoms in total. The number of unbranched alkanes of at least 4 members (excludes halogenated alkanes) is 6. The van der Waals surface area contributed by atoms with Crippen molar-refractivity contribution >= 4 is 22.3 Å². The molecule has 0 radical (unpaired) electrons. The van der Waals surface area contributed by atoms with Crippen molar-refractivity contribution < 1.29 is 9.53 Å². The van der Waals surface area contributed by atoms with Crippen molar-refractivity contribution in [2.75, 3.05) is 0 Å². The highest BCUT2D eigenvalue weighted by molar-refractivity contribution is 5.98. The van der Waals surface area contributed by atoms with Gasteiger partial charge < -0.3 is 4.74 Å². The number of allylic oxidation sites excluding steroid dienone is 1. The molecule has 1 atom stereocenters. The SMILES string of the molecule is CCCCCCCCCC1=CC(OC(C)=O)c2cccc3cccc1c23. The van der Waals surface area contributed by atoms with E-state index in [1.54, 1.807) is 0 Å². The van der Waals surface area contributed by atoms with Gasteiger partial charge in [0.1, 0.15) is 6.10 Å². The van der Waals surface area contributed by atoms with Crippen molar-refractivity contribution in [2.45, 2.75) is 71.3 Å². The molecule has 1 aliphatic carbocycles. The topological polar surface area (TPSA) is 26.3 Å². The van der Waals surface area contributed by atoms with Gasteiger partial charge >= 0.3 is 5.97 Å². The third-order valence-electron chi connectivity index (χ3n) is 5.28. The molecule has 1 aliphatic rings.